The number of urea groups is 1. The van der Waals surface area contributed by atoms with Crippen molar-refractivity contribution < 1.29 is 19.8 Å². The summed E-state index contributed by atoms with van der Waals surface area (Å²) in [5.41, 5.74) is 0.199. The predicted octanol–water partition coefficient (Wildman–Crippen LogP) is 2.60. The molecular weight excluding hydrogens is 272 g/mol. The quantitative estimate of drug-likeness (QED) is 0.747. The normalized spacial score (nSPS) is 18.0. The number of carbonyl (C=O) groups excluding carboxylic acids is 1. The molecular formula is C15H20N2O4. The van der Waals surface area contributed by atoms with Crippen LogP contribution in [0.3, 0.4) is 0 Å². The molecule has 21 heavy (non-hydrogen) atoms. The maximum atomic E-state index is 12.1. The lowest BCUT2D eigenvalue weighted by molar-refractivity contribution is 0.0696. The molecule has 1 fully saturated rings. The van der Waals surface area contributed by atoms with Crippen molar-refractivity contribution in [1.82, 2.24) is 4.90 Å². The summed E-state index contributed by atoms with van der Waals surface area (Å²) in [5.74, 6) is -0.338. The van der Waals surface area contributed by atoms with Gasteiger partial charge in [0.15, 0.2) is 0 Å². The Morgan fingerprint density at radius 3 is 2.62 bits per heavy atom. The van der Waals surface area contributed by atoms with Crippen LogP contribution in [-0.4, -0.2) is 40.2 Å². The van der Waals surface area contributed by atoms with Gasteiger partial charge >= 0.3 is 12.0 Å². The Kier molecular flexibility index (Phi) is 4.35. The Morgan fingerprint density at radius 1 is 1.38 bits per heavy atom. The minimum absolute atomic E-state index is 0.0217. The molecule has 1 aliphatic rings. The van der Waals surface area contributed by atoms with Gasteiger partial charge in [0.1, 0.15) is 5.75 Å². The Hall–Kier alpha value is -2.24. The number of aromatic carboxylic acids is 1. The van der Waals surface area contributed by atoms with Crippen molar-refractivity contribution >= 4 is 17.7 Å². The van der Waals surface area contributed by atoms with Gasteiger partial charge in [0.25, 0.3) is 0 Å². The fourth-order valence-corrected chi connectivity index (χ4v) is 2.48. The number of carboxylic acids is 1. The van der Waals surface area contributed by atoms with E-state index in [1.807, 2.05) is 0 Å². The third-order valence-corrected chi connectivity index (χ3v) is 3.94. The smallest absolute Gasteiger partial charge is 0.335 e. The predicted molar refractivity (Wildman–Crippen MR) is 78.6 cm³/mol. The van der Waals surface area contributed by atoms with Gasteiger partial charge in [-0.3, -0.25) is 0 Å². The van der Waals surface area contributed by atoms with Crippen molar-refractivity contribution in [2.75, 3.05) is 18.4 Å². The number of nitrogens with zero attached hydrogens (tertiary/aromatic N) is 1. The van der Waals surface area contributed by atoms with E-state index < -0.39 is 5.97 Å². The summed E-state index contributed by atoms with van der Waals surface area (Å²) in [6.45, 7) is 5.69. The lowest BCUT2D eigenvalue weighted by atomic mass is 9.95. The Morgan fingerprint density at radius 2 is 2.10 bits per heavy atom. The summed E-state index contributed by atoms with van der Waals surface area (Å²) in [5, 5.41) is 21.2. The molecule has 3 N–H and O–H groups in total. The van der Waals surface area contributed by atoms with Crippen LogP contribution < -0.4 is 5.32 Å². The molecule has 6 nitrogen and oxygen atoms in total. The number of carbonyl (C=O) groups is 2. The van der Waals surface area contributed by atoms with Crippen LogP contribution in [0.25, 0.3) is 0 Å². The molecule has 1 saturated heterocycles. The van der Waals surface area contributed by atoms with E-state index in [-0.39, 0.29) is 23.0 Å². The third kappa shape index (κ3) is 3.45. The number of hydrogen-bond acceptors (Lipinski definition) is 3. The largest absolute Gasteiger partial charge is 0.506 e. The first-order chi connectivity index (χ1) is 9.88. The maximum absolute atomic E-state index is 12.1. The molecule has 1 aliphatic heterocycles. The van der Waals surface area contributed by atoms with Crippen molar-refractivity contribution in [3.05, 3.63) is 23.8 Å². The third-order valence-electron chi connectivity index (χ3n) is 3.94. The number of anilines is 1. The van der Waals surface area contributed by atoms with Crippen LogP contribution in [0.5, 0.6) is 5.75 Å². The monoisotopic (exact) mass is 292 g/mol. The van der Waals surface area contributed by atoms with Gasteiger partial charge in [-0.15, -0.1) is 0 Å². The molecule has 0 spiro atoms. The summed E-state index contributed by atoms with van der Waals surface area (Å²) in [6, 6.07) is 3.60. The molecule has 0 bridgehead atoms. The summed E-state index contributed by atoms with van der Waals surface area (Å²) in [7, 11) is 0. The van der Waals surface area contributed by atoms with Crippen LogP contribution >= 0.6 is 0 Å². The van der Waals surface area contributed by atoms with E-state index in [1.165, 1.54) is 12.1 Å². The molecule has 1 unspecified atom stereocenters. The number of hydrogen-bond donors (Lipinski definition) is 3. The van der Waals surface area contributed by atoms with Gasteiger partial charge in [-0.1, -0.05) is 13.8 Å². The second kappa shape index (κ2) is 6.03. The lowest BCUT2D eigenvalue weighted by Crippen LogP contribution is -2.33. The van der Waals surface area contributed by atoms with Crippen LogP contribution in [0, 0.1) is 11.8 Å². The molecule has 6 heteroatoms. The lowest BCUT2D eigenvalue weighted by Gasteiger charge is -2.19. The van der Waals surface area contributed by atoms with Gasteiger partial charge in [0.05, 0.1) is 11.3 Å². The van der Waals surface area contributed by atoms with Crippen molar-refractivity contribution in [2.45, 2.75) is 20.3 Å². The van der Waals surface area contributed by atoms with Gasteiger partial charge in [0, 0.05) is 13.1 Å². The van der Waals surface area contributed by atoms with Gasteiger partial charge in [0.2, 0.25) is 0 Å². The van der Waals surface area contributed by atoms with E-state index in [2.05, 4.69) is 19.2 Å². The molecule has 2 rings (SSSR count). The van der Waals surface area contributed by atoms with Crippen molar-refractivity contribution in [3.63, 3.8) is 0 Å². The van der Waals surface area contributed by atoms with Crippen molar-refractivity contribution in [1.29, 1.82) is 0 Å². The zero-order chi connectivity index (χ0) is 15.6. The second-order valence-corrected chi connectivity index (χ2v) is 5.71. The molecule has 1 aromatic rings. The van der Waals surface area contributed by atoms with Gasteiger partial charge in [-0.05, 0) is 36.5 Å². The van der Waals surface area contributed by atoms with E-state index in [9.17, 15) is 14.7 Å². The molecule has 1 aromatic carbocycles. The maximum Gasteiger partial charge on any atom is 0.335 e. The second-order valence-electron chi connectivity index (χ2n) is 5.71. The molecule has 0 saturated carbocycles. The van der Waals surface area contributed by atoms with Crippen LogP contribution in [0.4, 0.5) is 10.5 Å². The highest BCUT2D eigenvalue weighted by molar-refractivity contribution is 5.93. The molecule has 0 aromatic heterocycles. The van der Waals surface area contributed by atoms with Crippen LogP contribution in [0.1, 0.15) is 30.6 Å². The van der Waals surface area contributed by atoms with E-state index >= 15 is 0 Å². The summed E-state index contributed by atoms with van der Waals surface area (Å²) >= 11 is 0. The van der Waals surface area contributed by atoms with Gasteiger partial charge < -0.3 is 20.4 Å². The number of likely N-dealkylation sites (tertiary alicyclic amines) is 1. The molecule has 0 radical (unpaired) electrons. The van der Waals surface area contributed by atoms with Crippen molar-refractivity contribution in [3.8, 4) is 5.75 Å². The fourth-order valence-electron chi connectivity index (χ4n) is 2.48. The fraction of sp³-hybridized carbons (Fsp3) is 0.467. The highest BCUT2D eigenvalue weighted by Gasteiger charge is 2.28. The van der Waals surface area contributed by atoms with Crippen molar-refractivity contribution in [2.24, 2.45) is 11.8 Å². The average Bonchev–Trinajstić information content (AvgIpc) is 2.90. The average molecular weight is 292 g/mol. The molecule has 2 amide bonds. The number of amides is 2. The standard InChI is InChI=1S/C15H20N2O4/c1-9(2)11-5-6-17(8-11)15(21)16-12-4-3-10(14(19)20)7-13(12)18/h3-4,7,9,11,18H,5-6,8H2,1-2H3,(H,16,21)(H,19,20). The van der Waals surface area contributed by atoms with Crippen LogP contribution in [0.15, 0.2) is 18.2 Å². The topological polar surface area (TPSA) is 89.9 Å². The van der Waals surface area contributed by atoms with E-state index in [1.54, 1.807) is 4.90 Å². The van der Waals surface area contributed by atoms with Gasteiger partial charge in [-0.25, -0.2) is 9.59 Å². The first-order valence-electron chi connectivity index (χ1n) is 7.00. The molecule has 114 valence electrons. The minimum Gasteiger partial charge on any atom is -0.506 e. The Balaban J connectivity index is 2.02. The number of aromatic hydroxyl groups is 1. The molecule has 0 aliphatic carbocycles. The highest BCUT2D eigenvalue weighted by atomic mass is 16.4. The number of carboxylic acid groups (broad SMARTS) is 1. The zero-order valence-corrected chi connectivity index (χ0v) is 12.2. The number of phenolic OH excluding ortho intramolecular Hbond substituents is 1. The minimum atomic E-state index is -1.12. The highest BCUT2D eigenvalue weighted by Crippen LogP contribution is 2.27. The number of rotatable bonds is 3. The zero-order valence-electron chi connectivity index (χ0n) is 12.2. The van der Waals surface area contributed by atoms with Crippen LogP contribution in [-0.2, 0) is 0 Å². The van der Waals surface area contributed by atoms with Crippen LogP contribution in [0.2, 0.25) is 0 Å². The molecule has 1 heterocycles. The number of nitrogens with one attached hydrogen (secondary N) is 1. The summed E-state index contributed by atoms with van der Waals surface area (Å²) in [6.07, 6.45) is 0.981. The molecule has 1 atom stereocenters. The number of phenols is 1. The first-order valence-corrected chi connectivity index (χ1v) is 7.00. The van der Waals surface area contributed by atoms with E-state index in [4.69, 9.17) is 5.11 Å². The SMILES string of the molecule is CC(C)C1CCN(C(=O)Nc2ccc(C(=O)O)cc2O)C1. The Bertz CT molecular complexity index is 557. The van der Waals surface area contributed by atoms with E-state index in [0.29, 0.717) is 24.9 Å². The first kappa shape index (κ1) is 15.2. The summed E-state index contributed by atoms with van der Waals surface area (Å²) < 4.78 is 0. The van der Waals surface area contributed by atoms with E-state index in [0.717, 1.165) is 12.5 Å². The Labute approximate surface area is 123 Å². The van der Waals surface area contributed by atoms with Gasteiger partial charge in [-0.2, -0.15) is 0 Å². The summed E-state index contributed by atoms with van der Waals surface area (Å²) in [4.78, 5) is 24.6. The number of benzene rings is 1.